The van der Waals surface area contributed by atoms with Crippen molar-refractivity contribution in [2.24, 2.45) is 12.8 Å². The molecule has 2 N–H and O–H groups in total. The molecule has 0 aliphatic rings. The van der Waals surface area contributed by atoms with Crippen molar-refractivity contribution in [2.75, 3.05) is 0 Å². The van der Waals surface area contributed by atoms with E-state index in [1.807, 2.05) is 25.5 Å². The summed E-state index contributed by atoms with van der Waals surface area (Å²) in [6.45, 7) is 0.556. The number of aromatic nitrogens is 2. The molecule has 1 aromatic carbocycles. The molecule has 2 aromatic rings. The van der Waals surface area contributed by atoms with Crippen LogP contribution in [-0.2, 0) is 13.6 Å². The second-order valence-corrected chi connectivity index (χ2v) is 5.51. The number of halogens is 1. The van der Waals surface area contributed by atoms with Crippen LogP contribution in [0.25, 0.3) is 0 Å². The van der Waals surface area contributed by atoms with Crippen LogP contribution in [0.15, 0.2) is 44.9 Å². The molecule has 5 heteroatoms. The Labute approximate surface area is 107 Å². The first-order chi connectivity index (χ1) is 7.67. The average molecular weight is 298 g/mol. The summed E-state index contributed by atoms with van der Waals surface area (Å²) in [4.78, 5) is 2.30. The van der Waals surface area contributed by atoms with Crippen molar-refractivity contribution in [2.45, 2.75) is 16.3 Å². The molecule has 3 nitrogen and oxygen atoms in total. The van der Waals surface area contributed by atoms with Crippen LogP contribution in [-0.4, -0.2) is 9.78 Å². The van der Waals surface area contributed by atoms with Crippen LogP contribution < -0.4 is 5.73 Å². The van der Waals surface area contributed by atoms with Crippen molar-refractivity contribution < 1.29 is 0 Å². The highest BCUT2D eigenvalue weighted by Crippen LogP contribution is 2.30. The van der Waals surface area contributed by atoms with Gasteiger partial charge < -0.3 is 5.73 Å². The molecule has 0 unspecified atom stereocenters. The standard InChI is InChI=1S/C11H12BrN3S/c1-15-7-11(6-14-15)16-10-3-8(5-13)2-9(12)4-10/h2-4,6-7H,5,13H2,1H3. The van der Waals surface area contributed by atoms with Gasteiger partial charge in [-0.3, -0.25) is 4.68 Å². The summed E-state index contributed by atoms with van der Waals surface area (Å²) in [6.07, 6.45) is 3.85. The van der Waals surface area contributed by atoms with Crippen molar-refractivity contribution >= 4 is 27.7 Å². The van der Waals surface area contributed by atoms with Gasteiger partial charge in [-0.05, 0) is 23.8 Å². The van der Waals surface area contributed by atoms with Gasteiger partial charge in [-0.1, -0.05) is 27.7 Å². The van der Waals surface area contributed by atoms with Crippen molar-refractivity contribution in [3.8, 4) is 0 Å². The summed E-state index contributed by atoms with van der Waals surface area (Å²) in [5.41, 5.74) is 6.76. The van der Waals surface area contributed by atoms with Crippen molar-refractivity contribution in [1.82, 2.24) is 9.78 Å². The average Bonchev–Trinajstić information content (AvgIpc) is 2.63. The second-order valence-electron chi connectivity index (χ2n) is 3.45. The first-order valence-electron chi connectivity index (χ1n) is 4.83. The first-order valence-corrected chi connectivity index (χ1v) is 6.44. The minimum Gasteiger partial charge on any atom is -0.326 e. The van der Waals surface area contributed by atoms with E-state index in [0.29, 0.717) is 6.54 Å². The van der Waals surface area contributed by atoms with E-state index in [9.17, 15) is 0 Å². The quantitative estimate of drug-likeness (QED) is 0.947. The topological polar surface area (TPSA) is 43.8 Å². The Morgan fingerprint density at radius 1 is 1.38 bits per heavy atom. The molecule has 0 aliphatic heterocycles. The van der Waals surface area contributed by atoms with Crippen LogP contribution in [0.3, 0.4) is 0 Å². The van der Waals surface area contributed by atoms with Gasteiger partial charge in [-0.15, -0.1) is 0 Å². The summed E-state index contributed by atoms with van der Waals surface area (Å²) in [6, 6.07) is 6.21. The molecule has 16 heavy (non-hydrogen) atoms. The maximum atomic E-state index is 5.64. The Balaban J connectivity index is 2.24. The molecule has 0 fully saturated rings. The van der Waals surface area contributed by atoms with Gasteiger partial charge in [0.15, 0.2) is 0 Å². The molecule has 0 radical (unpaired) electrons. The van der Waals surface area contributed by atoms with E-state index in [1.165, 1.54) is 4.90 Å². The number of benzene rings is 1. The van der Waals surface area contributed by atoms with E-state index in [2.05, 4.69) is 33.2 Å². The van der Waals surface area contributed by atoms with Crippen molar-refractivity contribution in [1.29, 1.82) is 0 Å². The highest BCUT2D eigenvalue weighted by molar-refractivity contribution is 9.10. The fourth-order valence-electron chi connectivity index (χ4n) is 1.39. The lowest BCUT2D eigenvalue weighted by Gasteiger charge is -2.03. The molecule has 84 valence electrons. The third-order valence-corrected chi connectivity index (χ3v) is 3.46. The van der Waals surface area contributed by atoms with Crippen LogP contribution in [0.4, 0.5) is 0 Å². The zero-order valence-corrected chi connectivity index (χ0v) is 11.3. The smallest absolute Gasteiger partial charge is 0.0629 e. The Hall–Kier alpha value is -0.780. The Morgan fingerprint density at radius 3 is 2.81 bits per heavy atom. The molecular weight excluding hydrogens is 286 g/mol. The predicted octanol–water partition coefficient (Wildman–Crippen LogP) is 2.79. The molecule has 0 saturated carbocycles. The van der Waals surface area contributed by atoms with Crippen LogP contribution in [0, 0.1) is 0 Å². The highest BCUT2D eigenvalue weighted by atomic mass is 79.9. The SMILES string of the molecule is Cn1cc(Sc2cc(Br)cc(CN)c2)cn1. The predicted molar refractivity (Wildman–Crippen MR) is 69.4 cm³/mol. The lowest BCUT2D eigenvalue weighted by molar-refractivity contribution is 0.766. The summed E-state index contributed by atoms with van der Waals surface area (Å²) >= 11 is 5.17. The highest BCUT2D eigenvalue weighted by Gasteiger charge is 2.02. The van der Waals surface area contributed by atoms with Gasteiger partial charge in [0.2, 0.25) is 0 Å². The van der Waals surface area contributed by atoms with Crippen LogP contribution >= 0.6 is 27.7 Å². The minimum atomic E-state index is 0.556. The number of hydrogen-bond donors (Lipinski definition) is 1. The van der Waals surface area contributed by atoms with Gasteiger partial charge in [-0.25, -0.2) is 0 Å². The third kappa shape index (κ3) is 2.87. The van der Waals surface area contributed by atoms with Gasteiger partial charge in [0.05, 0.1) is 11.1 Å². The second kappa shape index (κ2) is 5.03. The van der Waals surface area contributed by atoms with E-state index < -0.39 is 0 Å². The number of rotatable bonds is 3. The van der Waals surface area contributed by atoms with E-state index in [0.717, 1.165) is 14.9 Å². The fourth-order valence-corrected chi connectivity index (χ4v) is 3.05. The molecule has 0 atom stereocenters. The number of nitrogens with two attached hydrogens (primary N) is 1. The monoisotopic (exact) mass is 297 g/mol. The number of nitrogens with zero attached hydrogens (tertiary/aromatic N) is 2. The van der Waals surface area contributed by atoms with Crippen LogP contribution in [0.1, 0.15) is 5.56 Å². The lowest BCUT2D eigenvalue weighted by atomic mass is 10.2. The molecule has 0 amide bonds. The lowest BCUT2D eigenvalue weighted by Crippen LogP contribution is -1.95. The van der Waals surface area contributed by atoms with E-state index in [-0.39, 0.29) is 0 Å². The molecule has 1 aromatic heterocycles. The summed E-state index contributed by atoms with van der Waals surface area (Å²) < 4.78 is 2.85. The van der Waals surface area contributed by atoms with Gasteiger partial charge in [0.25, 0.3) is 0 Å². The normalized spacial score (nSPS) is 10.7. The molecule has 1 heterocycles. The summed E-state index contributed by atoms with van der Waals surface area (Å²) in [5, 5.41) is 4.14. The van der Waals surface area contributed by atoms with Gasteiger partial charge >= 0.3 is 0 Å². The largest absolute Gasteiger partial charge is 0.326 e. The van der Waals surface area contributed by atoms with Crippen molar-refractivity contribution in [3.63, 3.8) is 0 Å². The molecular formula is C11H12BrN3S. The molecule has 2 rings (SSSR count). The molecule has 0 saturated heterocycles. The molecule has 0 aliphatic carbocycles. The first kappa shape index (κ1) is 11.7. The molecule has 0 bridgehead atoms. The van der Waals surface area contributed by atoms with E-state index >= 15 is 0 Å². The van der Waals surface area contributed by atoms with Crippen LogP contribution in [0.2, 0.25) is 0 Å². The summed E-state index contributed by atoms with van der Waals surface area (Å²) in [5.74, 6) is 0. The number of hydrogen-bond acceptors (Lipinski definition) is 3. The van der Waals surface area contributed by atoms with E-state index in [4.69, 9.17) is 5.73 Å². The van der Waals surface area contributed by atoms with E-state index in [1.54, 1.807) is 16.4 Å². The maximum Gasteiger partial charge on any atom is 0.0629 e. The van der Waals surface area contributed by atoms with Gasteiger partial charge in [0.1, 0.15) is 0 Å². The minimum absolute atomic E-state index is 0.556. The fraction of sp³-hybridized carbons (Fsp3) is 0.182. The molecule has 0 spiro atoms. The Bertz CT molecular complexity index is 496. The van der Waals surface area contributed by atoms with Gasteiger partial charge in [0, 0.05) is 29.2 Å². The van der Waals surface area contributed by atoms with Gasteiger partial charge in [-0.2, -0.15) is 5.10 Å². The number of aryl methyl sites for hydroxylation is 1. The van der Waals surface area contributed by atoms with Crippen molar-refractivity contribution in [3.05, 3.63) is 40.6 Å². The zero-order chi connectivity index (χ0) is 11.5. The Morgan fingerprint density at radius 2 is 2.19 bits per heavy atom. The Kier molecular flexibility index (Phi) is 3.68. The third-order valence-electron chi connectivity index (χ3n) is 2.08. The maximum absolute atomic E-state index is 5.64. The summed E-state index contributed by atoms with van der Waals surface area (Å²) in [7, 11) is 1.91. The van der Waals surface area contributed by atoms with Crippen LogP contribution in [0.5, 0.6) is 0 Å². The zero-order valence-electron chi connectivity index (χ0n) is 8.85.